The SMILES string of the molecule is [2H]C1=[C+]C(c2ccccc2)(c2ccccc2)C=C[CH-]1. The van der Waals surface area contributed by atoms with Gasteiger partial charge in [0, 0.05) is 0 Å². The molecular weight excluding hydrogens is 216 g/mol. The number of hydrogen-bond donors (Lipinski definition) is 0. The highest BCUT2D eigenvalue weighted by atomic mass is 14.3. The first-order chi connectivity index (χ1) is 9.31. The molecule has 1 aliphatic carbocycles. The lowest BCUT2D eigenvalue weighted by Crippen LogP contribution is -2.24. The van der Waals surface area contributed by atoms with E-state index < -0.39 is 5.41 Å². The monoisotopic (exact) mass is 231 g/mol. The summed E-state index contributed by atoms with van der Waals surface area (Å²) in [7, 11) is 0. The fourth-order valence-electron chi connectivity index (χ4n) is 2.34. The van der Waals surface area contributed by atoms with Crippen molar-refractivity contribution in [2.75, 3.05) is 0 Å². The molecule has 2 aromatic carbocycles. The smallest absolute Gasteiger partial charge is 0.0920 e. The molecule has 0 unspecified atom stereocenters. The molecule has 0 atom stereocenters. The Balaban J connectivity index is 2.23. The van der Waals surface area contributed by atoms with E-state index >= 15 is 0 Å². The molecule has 0 heterocycles. The van der Waals surface area contributed by atoms with Gasteiger partial charge in [0.05, 0.1) is 6.79 Å². The molecule has 86 valence electrons. The molecule has 0 aliphatic heterocycles. The second kappa shape index (κ2) is 4.52. The van der Waals surface area contributed by atoms with Crippen molar-refractivity contribution < 1.29 is 1.37 Å². The first-order valence-electron chi connectivity index (χ1n) is 6.57. The predicted octanol–water partition coefficient (Wildman–Crippen LogP) is 4.11. The predicted molar refractivity (Wildman–Crippen MR) is 74.9 cm³/mol. The van der Waals surface area contributed by atoms with Crippen LogP contribution >= 0.6 is 0 Å². The first-order valence-corrected chi connectivity index (χ1v) is 6.07. The Morgan fingerprint density at radius 1 is 0.889 bits per heavy atom. The Morgan fingerprint density at radius 3 is 1.94 bits per heavy atom. The molecule has 0 amide bonds. The molecule has 0 N–H and O–H groups in total. The zero-order chi connectivity index (χ0) is 13.1. The van der Waals surface area contributed by atoms with E-state index in [0.717, 1.165) is 11.1 Å². The van der Waals surface area contributed by atoms with Crippen LogP contribution in [0, 0.1) is 12.5 Å². The maximum atomic E-state index is 7.92. The molecule has 0 aromatic heterocycles. The van der Waals surface area contributed by atoms with Gasteiger partial charge >= 0.3 is 0 Å². The van der Waals surface area contributed by atoms with Crippen LogP contribution in [0.3, 0.4) is 0 Å². The minimum Gasteiger partial charge on any atom is -0.128 e. The normalized spacial score (nSPS) is 17.1. The fraction of sp³-hybridized carbons (Fsp3) is 0.0556. The van der Waals surface area contributed by atoms with Crippen LogP contribution in [0.5, 0.6) is 0 Å². The Bertz CT molecular complexity index is 569. The minimum absolute atomic E-state index is 0.426. The van der Waals surface area contributed by atoms with E-state index in [0.29, 0.717) is 6.05 Å². The summed E-state index contributed by atoms with van der Waals surface area (Å²) in [5, 5.41) is 0. The van der Waals surface area contributed by atoms with E-state index in [1.54, 1.807) is 6.42 Å². The van der Waals surface area contributed by atoms with E-state index in [1.165, 1.54) is 0 Å². The van der Waals surface area contributed by atoms with Gasteiger partial charge in [-0.15, -0.1) is 6.08 Å². The number of rotatable bonds is 2. The molecule has 0 fully saturated rings. The summed E-state index contributed by atoms with van der Waals surface area (Å²) in [4.78, 5) is 0. The van der Waals surface area contributed by atoms with Crippen molar-refractivity contribution in [3.63, 3.8) is 0 Å². The van der Waals surface area contributed by atoms with Crippen molar-refractivity contribution >= 4 is 0 Å². The third-order valence-corrected chi connectivity index (χ3v) is 3.25. The lowest BCUT2D eigenvalue weighted by molar-refractivity contribution is 0.782. The van der Waals surface area contributed by atoms with Crippen molar-refractivity contribution in [3.05, 3.63) is 102 Å². The second-order valence-electron chi connectivity index (χ2n) is 4.34. The lowest BCUT2D eigenvalue weighted by atomic mass is 9.72. The van der Waals surface area contributed by atoms with Gasteiger partial charge in [-0.2, -0.15) is 0 Å². The van der Waals surface area contributed by atoms with Crippen LogP contribution in [0.1, 0.15) is 12.5 Å². The third kappa shape index (κ3) is 1.73. The third-order valence-electron chi connectivity index (χ3n) is 3.25. The summed E-state index contributed by atoms with van der Waals surface area (Å²) in [6, 6.07) is 20.9. The van der Waals surface area contributed by atoms with E-state index in [9.17, 15) is 0 Å². The van der Waals surface area contributed by atoms with Crippen molar-refractivity contribution in [1.29, 1.82) is 0 Å². The Morgan fingerprint density at radius 2 is 1.44 bits per heavy atom. The molecule has 3 rings (SSSR count). The summed E-state index contributed by atoms with van der Waals surface area (Å²) in [5.41, 5.74) is 1.82. The molecule has 1 aliphatic rings. The largest absolute Gasteiger partial charge is 0.128 e. The zero-order valence-electron chi connectivity index (χ0n) is 11.0. The Kier molecular flexibility index (Phi) is 2.44. The summed E-state index contributed by atoms with van der Waals surface area (Å²) in [6.07, 6.45) is 9.12. The maximum absolute atomic E-state index is 7.92. The van der Waals surface area contributed by atoms with Crippen molar-refractivity contribution in [2.45, 2.75) is 5.41 Å². The number of benzene rings is 2. The molecule has 0 spiro atoms. The van der Waals surface area contributed by atoms with Gasteiger partial charge in [-0.25, -0.2) is 0 Å². The van der Waals surface area contributed by atoms with Crippen molar-refractivity contribution in [3.8, 4) is 0 Å². The van der Waals surface area contributed by atoms with Gasteiger partial charge in [0.15, 0.2) is 0 Å². The van der Waals surface area contributed by atoms with Gasteiger partial charge in [0.1, 0.15) is 0 Å². The van der Waals surface area contributed by atoms with Gasteiger partial charge in [-0.1, -0.05) is 79.2 Å². The number of hydrogen-bond acceptors (Lipinski definition) is 0. The van der Waals surface area contributed by atoms with E-state index in [4.69, 9.17) is 1.37 Å². The van der Waals surface area contributed by atoms with Gasteiger partial charge in [-0.3, -0.25) is 0 Å². The highest BCUT2D eigenvalue weighted by Crippen LogP contribution is 2.36. The Labute approximate surface area is 110 Å². The van der Waals surface area contributed by atoms with E-state index in [-0.39, 0.29) is 0 Å². The summed E-state index contributed by atoms with van der Waals surface area (Å²) in [5.74, 6) is 0. The highest BCUT2D eigenvalue weighted by molar-refractivity contribution is 5.49. The Hall–Kier alpha value is -2.30. The van der Waals surface area contributed by atoms with Crippen LogP contribution in [0.2, 0.25) is 0 Å². The summed E-state index contributed by atoms with van der Waals surface area (Å²) >= 11 is 0. The number of allylic oxidation sites excluding steroid dienone is 4. The summed E-state index contributed by atoms with van der Waals surface area (Å²) in [6.45, 7) is 0. The molecule has 0 heteroatoms. The van der Waals surface area contributed by atoms with Crippen LogP contribution < -0.4 is 0 Å². The van der Waals surface area contributed by atoms with Crippen LogP contribution in [0.4, 0.5) is 0 Å². The van der Waals surface area contributed by atoms with Crippen LogP contribution in [-0.2, 0) is 5.41 Å². The standard InChI is InChI=1S/C18H14/c1-4-10-16(11-5-1)18(14-8-3-9-15-18)17-12-6-2-7-13-17/h1-14H/i9D. The molecule has 0 saturated carbocycles. The molecule has 0 saturated heterocycles. The van der Waals surface area contributed by atoms with Gasteiger partial charge in [0.2, 0.25) is 0 Å². The molecular formula is C18H14. The minimum atomic E-state index is -0.450. The van der Waals surface area contributed by atoms with Gasteiger partial charge in [0.25, 0.3) is 0 Å². The van der Waals surface area contributed by atoms with Crippen molar-refractivity contribution in [1.82, 2.24) is 0 Å². The van der Waals surface area contributed by atoms with E-state index in [1.807, 2.05) is 42.5 Å². The highest BCUT2D eigenvalue weighted by Gasteiger charge is 2.30. The van der Waals surface area contributed by atoms with Gasteiger partial charge < -0.3 is 0 Å². The molecule has 18 heavy (non-hydrogen) atoms. The molecule has 2 aromatic rings. The van der Waals surface area contributed by atoms with Gasteiger partial charge in [-0.05, 0) is 17.2 Å². The maximum Gasteiger partial charge on any atom is 0.0920 e. The first kappa shape index (κ1) is 9.70. The van der Waals surface area contributed by atoms with Crippen LogP contribution in [0.15, 0.2) is 78.9 Å². The quantitative estimate of drug-likeness (QED) is 0.682. The zero-order valence-corrected chi connectivity index (χ0v) is 10.0. The second-order valence-corrected chi connectivity index (χ2v) is 4.34. The average molecular weight is 231 g/mol. The molecule has 0 radical (unpaired) electrons. The van der Waals surface area contributed by atoms with Crippen LogP contribution in [0.25, 0.3) is 0 Å². The van der Waals surface area contributed by atoms with Crippen LogP contribution in [-0.4, -0.2) is 0 Å². The van der Waals surface area contributed by atoms with Crippen molar-refractivity contribution in [2.24, 2.45) is 0 Å². The molecule has 0 nitrogen and oxygen atoms in total. The average Bonchev–Trinajstić information content (AvgIpc) is 2.49. The van der Waals surface area contributed by atoms with E-state index in [2.05, 4.69) is 36.4 Å². The lowest BCUT2D eigenvalue weighted by Gasteiger charge is -2.29. The summed E-state index contributed by atoms with van der Waals surface area (Å²) < 4.78 is 7.92. The molecule has 0 bridgehead atoms. The fourth-order valence-corrected chi connectivity index (χ4v) is 2.34. The topological polar surface area (TPSA) is 0 Å².